The number of para-hydroxylation sites is 2. The minimum absolute atomic E-state index is 0.0695. The number of rotatable bonds is 5. The van der Waals surface area contributed by atoms with Crippen LogP contribution >= 0.6 is 0 Å². The highest BCUT2D eigenvalue weighted by Crippen LogP contribution is 2.32. The molecule has 2 aliphatic rings. The Balaban J connectivity index is 1.55. The Bertz CT molecular complexity index is 781. The normalized spacial score (nSPS) is 24.5. The zero-order chi connectivity index (χ0) is 17.2. The van der Waals surface area contributed by atoms with Crippen molar-refractivity contribution in [1.29, 1.82) is 0 Å². The fourth-order valence-electron chi connectivity index (χ4n) is 3.09. The van der Waals surface area contributed by atoms with Crippen molar-refractivity contribution in [2.45, 2.75) is 19.2 Å². The second kappa shape index (κ2) is 6.45. The number of fused-ring (bicyclic) bond motifs is 1. The molecule has 0 spiro atoms. The first-order chi connectivity index (χ1) is 12.2. The highest BCUT2D eigenvalue weighted by Gasteiger charge is 2.55. The molecule has 0 unspecified atom stereocenters. The molecule has 2 aliphatic heterocycles. The van der Waals surface area contributed by atoms with E-state index >= 15 is 0 Å². The number of amides is 1. The van der Waals surface area contributed by atoms with Gasteiger partial charge in [0.1, 0.15) is 5.92 Å². The minimum Gasteiger partial charge on any atom is -0.387 e. The van der Waals surface area contributed by atoms with Gasteiger partial charge in [0.25, 0.3) is 5.91 Å². The van der Waals surface area contributed by atoms with E-state index in [4.69, 9.17) is 4.84 Å². The molecule has 7 heteroatoms. The fourth-order valence-corrected chi connectivity index (χ4v) is 3.09. The van der Waals surface area contributed by atoms with Crippen molar-refractivity contribution in [2.24, 2.45) is 11.1 Å². The number of anilines is 2. The molecule has 3 atom stereocenters. The number of carbonyl (C=O) groups is 1. The predicted octanol–water partition coefficient (Wildman–Crippen LogP) is 2.19. The first-order valence-corrected chi connectivity index (χ1v) is 8.16. The lowest BCUT2D eigenvalue weighted by molar-refractivity contribution is -0.129. The quantitative estimate of drug-likeness (QED) is 0.729. The van der Waals surface area contributed by atoms with Crippen molar-refractivity contribution in [3.05, 3.63) is 60.7 Å². The molecule has 2 aromatic rings. The standard InChI is InChI=1S/C18H19N5O2/c1-12-15-16(25-22-12)17(20-19-13-8-4-2-5-9-13)23(18(15)24)21-14-10-6-3-7-11-14/h2-11,15-17,19-21H,1H3/t15-,16+,17+/m0/s1. The lowest BCUT2D eigenvalue weighted by Gasteiger charge is -2.29. The summed E-state index contributed by atoms with van der Waals surface area (Å²) in [6.45, 7) is 1.82. The Morgan fingerprint density at radius 1 is 1.00 bits per heavy atom. The highest BCUT2D eigenvalue weighted by molar-refractivity contribution is 6.06. The summed E-state index contributed by atoms with van der Waals surface area (Å²) in [5, 5.41) is 5.56. The number of carbonyl (C=O) groups excluding carboxylic acids is 1. The maximum absolute atomic E-state index is 12.9. The van der Waals surface area contributed by atoms with Crippen LogP contribution in [0.25, 0.3) is 0 Å². The van der Waals surface area contributed by atoms with Crippen LogP contribution in [-0.2, 0) is 9.63 Å². The molecule has 1 saturated heterocycles. The van der Waals surface area contributed by atoms with Gasteiger partial charge in [-0.3, -0.25) is 10.2 Å². The van der Waals surface area contributed by atoms with Gasteiger partial charge in [-0.15, -0.1) is 0 Å². The summed E-state index contributed by atoms with van der Waals surface area (Å²) >= 11 is 0. The number of oxime groups is 1. The number of nitrogens with zero attached hydrogens (tertiary/aromatic N) is 2. The number of hydrogen-bond donors (Lipinski definition) is 3. The highest BCUT2D eigenvalue weighted by atomic mass is 16.6. The van der Waals surface area contributed by atoms with E-state index in [1.807, 2.05) is 67.6 Å². The molecule has 0 bridgehead atoms. The number of nitrogens with one attached hydrogen (secondary N) is 3. The maximum atomic E-state index is 12.9. The molecular weight excluding hydrogens is 318 g/mol. The van der Waals surface area contributed by atoms with E-state index < -0.39 is 6.17 Å². The molecule has 7 nitrogen and oxygen atoms in total. The molecular formula is C18H19N5O2. The van der Waals surface area contributed by atoms with Crippen molar-refractivity contribution in [1.82, 2.24) is 10.4 Å². The molecule has 128 valence electrons. The van der Waals surface area contributed by atoms with Crippen molar-refractivity contribution >= 4 is 23.0 Å². The summed E-state index contributed by atoms with van der Waals surface area (Å²) in [6, 6.07) is 19.3. The number of hydrogen-bond acceptors (Lipinski definition) is 6. The van der Waals surface area contributed by atoms with E-state index in [2.05, 4.69) is 21.4 Å². The van der Waals surface area contributed by atoms with Crippen LogP contribution in [0.2, 0.25) is 0 Å². The Morgan fingerprint density at radius 2 is 1.64 bits per heavy atom. The first kappa shape index (κ1) is 15.5. The molecule has 1 amide bonds. The first-order valence-electron chi connectivity index (χ1n) is 8.16. The third-order valence-electron chi connectivity index (χ3n) is 4.35. The average molecular weight is 337 g/mol. The van der Waals surface area contributed by atoms with Gasteiger partial charge >= 0.3 is 0 Å². The number of benzene rings is 2. The zero-order valence-electron chi connectivity index (χ0n) is 13.7. The Labute approximate surface area is 145 Å². The van der Waals surface area contributed by atoms with Gasteiger partial charge in [-0.2, -0.15) is 0 Å². The Morgan fingerprint density at radius 3 is 2.32 bits per heavy atom. The molecule has 2 heterocycles. The summed E-state index contributed by atoms with van der Waals surface area (Å²) in [5.41, 5.74) is 11.9. The Hall–Kier alpha value is -3.06. The van der Waals surface area contributed by atoms with Gasteiger partial charge in [-0.1, -0.05) is 41.6 Å². The van der Waals surface area contributed by atoms with Gasteiger partial charge in [0, 0.05) is 5.69 Å². The van der Waals surface area contributed by atoms with Crippen molar-refractivity contribution in [2.75, 3.05) is 10.9 Å². The second-order valence-corrected chi connectivity index (χ2v) is 6.05. The molecule has 0 radical (unpaired) electrons. The van der Waals surface area contributed by atoms with Crippen LogP contribution in [0.15, 0.2) is 65.8 Å². The maximum Gasteiger partial charge on any atom is 0.255 e. The van der Waals surface area contributed by atoms with Gasteiger partial charge in [-0.05, 0) is 31.2 Å². The third kappa shape index (κ3) is 2.89. The van der Waals surface area contributed by atoms with E-state index in [9.17, 15) is 4.79 Å². The fraction of sp³-hybridized carbons (Fsp3) is 0.222. The van der Waals surface area contributed by atoms with Crippen LogP contribution in [0, 0.1) is 5.92 Å². The van der Waals surface area contributed by atoms with E-state index in [0.717, 1.165) is 11.4 Å². The molecule has 0 aromatic heterocycles. The van der Waals surface area contributed by atoms with E-state index in [1.54, 1.807) is 5.01 Å². The van der Waals surface area contributed by atoms with Crippen LogP contribution in [0.3, 0.4) is 0 Å². The molecule has 0 aliphatic carbocycles. The van der Waals surface area contributed by atoms with Crippen LogP contribution in [0.1, 0.15) is 6.92 Å². The van der Waals surface area contributed by atoms with Gasteiger partial charge in [-0.25, -0.2) is 10.4 Å². The SMILES string of the molecule is CC1=NO[C@@H]2[C@H]1C(=O)N(Nc1ccccc1)[C@H]2NNc1ccccc1. The molecule has 3 N–H and O–H groups in total. The summed E-state index contributed by atoms with van der Waals surface area (Å²) in [5.74, 6) is -0.453. The summed E-state index contributed by atoms with van der Waals surface area (Å²) in [7, 11) is 0. The van der Waals surface area contributed by atoms with E-state index in [-0.39, 0.29) is 17.9 Å². The molecule has 25 heavy (non-hydrogen) atoms. The van der Waals surface area contributed by atoms with Crippen LogP contribution in [0.5, 0.6) is 0 Å². The van der Waals surface area contributed by atoms with Gasteiger partial charge in [0.15, 0.2) is 12.3 Å². The van der Waals surface area contributed by atoms with Crippen LogP contribution in [0.4, 0.5) is 11.4 Å². The smallest absolute Gasteiger partial charge is 0.255 e. The second-order valence-electron chi connectivity index (χ2n) is 6.05. The topological polar surface area (TPSA) is 78.0 Å². The monoisotopic (exact) mass is 337 g/mol. The number of hydrazine groups is 2. The molecule has 0 saturated carbocycles. The largest absolute Gasteiger partial charge is 0.387 e. The van der Waals surface area contributed by atoms with Gasteiger partial charge < -0.3 is 10.3 Å². The van der Waals surface area contributed by atoms with Crippen LogP contribution in [-0.4, -0.2) is 28.9 Å². The van der Waals surface area contributed by atoms with E-state index in [0.29, 0.717) is 5.71 Å². The Kier molecular flexibility index (Phi) is 3.99. The van der Waals surface area contributed by atoms with Crippen molar-refractivity contribution in [3.8, 4) is 0 Å². The summed E-state index contributed by atoms with van der Waals surface area (Å²) in [6.07, 6.45) is -0.806. The minimum atomic E-state index is -0.417. The average Bonchev–Trinajstić information content (AvgIpc) is 3.15. The molecule has 4 rings (SSSR count). The third-order valence-corrected chi connectivity index (χ3v) is 4.35. The lowest BCUT2D eigenvalue weighted by Crippen LogP contribution is -2.52. The molecule has 2 aromatic carbocycles. The van der Waals surface area contributed by atoms with Crippen molar-refractivity contribution in [3.63, 3.8) is 0 Å². The lowest BCUT2D eigenvalue weighted by atomic mass is 10.0. The van der Waals surface area contributed by atoms with Gasteiger partial charge in [0.2, 0.25) is 0 Å². The van der Waals surface area contributed by atoms with Crippen molar-refractivity contribution < 1.29 is 9.63 Å². The summed E-state index contributed by atoms with van der Waals surface area (Å²) in [4.78, 5) is 18.4. The van der Waals surface area contributed by atoms with Gasteiger partial charge in [0.05, 0.1) is 11.4 Å². The van der Waals surface area contributed by atoms with E-state index in [1.165, 1.54) is 0 Å². The zero-order valence-corrected chi connectivity index (χ0v) is 13.7. The van der Waals surface area contributed by atoms with Crippen LogP contribution < -0.4 is 16.3 Å². The summed E-state index contributed by atoms with van der Waals surface area (Å²) < 4.78 is 0. The molecule has 1 fully saturated rings. The predicted molar refractivity (Wildman–Crippen MR) is 95.4 cm³/mol.